The number of halogens is 1. The summed E-state index contributed by atoms with van der Waals surface area (Å²) in [6, 6.07) is 11.7. The summed E-state index contributed by atoms with van der Waals surface area (Å²) in [5.74, 6) is 0.551. The SMILES string of the molecule is CCOc1cc(C=Nc2ccc(N3CCOCC3)cc2)cc(Br)c1O. The first-order valence-electron chi connectivity index (χ1n) is 8.29. The van der Waals surface area contributed by atoms with Gasteiger partial charge >= 0.3 is 0 Å². The van der Waals surface area contributed by atoms with Gasteiger partial charge in [-0.15, -0.1) is 0 Å². The van der Waals surface area contributed by atoms with Crippen LogP contribution in [0.15, 0.2) is 45.9 Å². The van der Waals surface area contributed by atoms with E-state index in [-0.39, 0.29) is 5.75 Å². The Balaban J connectivity index is 1.73. The number of nitrogens with zero attached hydrogens (tertiary/aromatic N) is 2. The van der Waals surface area contributed by atoms with Crippen LogP contribution in [0.5, 0.6) is 11.5 Å². The average molecular weight is 405 g/mol. The first-order chi connectivity index (χ1) is 12.2. The van der Waals surface area contributed by atoms with Gasteiger partial charge in [0.1, 0.15) is 0 Å². The van der Waals surface area contributed by atoms with Gasteiger partial charge < -0.3 is 19.5 Å². The number of morpholine rings is 1. The van der Waals surface area contributed by atoms with Gasteiger partial charge in [-0.2, -0.15) is 0 Å². The smallest absolute Gasteiger partial charge is 0.172 e. The Labute approximate surface area is 156 Å². The van der Waals surface area contributed by atoms with Crippen molar-refractivity contribution < 1.29 is 14.6 Å². The molecule has 0 atom stereocenters. The van der Waals surface area contributed by atoms with E-state index in [9.17, 15) is 5.11 Å². The fraction of sp³-hybridized carbons (Fsp3) is 0.316. The summed E-state index contributed by atoms with van der Waals surface area (Å²) in [6.45, 7) is 5.76. The van der Waals surface area contributed by atoms with Crippen molar-refractivity contribution in [3.8, 4) is 11.5 Å². The van der Waals surface area contributed by atoms with E-state index >= 15 is 0 Å². The summed E-state index contributed by atoms with van der Waals surface area (Å²) in [7, 11) is 0. The largest absolute Gasteiger partial charge is 0.503 e. The summed E-state index contributed by atoms with van der Waals surface area (Å²) >= 11 is 3.34. The fourth-order valence-corrected chi connectivity index (χ4v) is 3.11. The zero-order valence-electron chi connectivity index (χ0n) is 14.1. The highest BCUT2D eigenvalue weighted by Gasteiger charge is 2.11. The van der Waals surface area contributed by atoms with E-state index in [0.29, 0.717) is 16.8 Å². The molecule has 5 nitrogen and oxygen atoms in total. The molecule has 1 N–H and O–H groups in total. The second kappa shape index (κ2) is 8.36. The lowest BCUT2D eigenvalue weighted by Crippen LogP contribution is -2.36. The molecule has 1 aliphatic rings. The molecule has 0 spiro atoms. The van der Waals surface area contributed by atoms with Crippen LogP contribution in [0.4, 0.5) is 11.4 Å². The summed E-state index contributed by atoms with van der Waals surface area (Å²) in [4.78, 5) is 6.82. The minimum Gasteiger partial charge on any atom is -0.503 e. The van der Waals surface area contributed by atoms with E-state index in [0.717, 1.165) is 37.6 Å². The molecule has 2 aromatic rings. The maximum atomic E-state index is 9.96. The summed E-state index contributed by atoms with van der Waals surface area (Å²) in [5.41, 5.74) is 2.91. The maximum Gasteiger partial charge on any atom is 0.172 e. The molecule has 132 valence electrons. The second-order valence-corrected chi connectivity index (χ2v) is 6.51. The maximum absolute atomic E-state index is 9.96. The van der Waals surface area contributed by atoms with Crippen molar-refractivity contribution in [1.82, 2.24) is 0 Å². The van der Waals surface area contributed by atoms with E-state index in [2.05, 4.69) is 38.0 Å². The Hall–Kier alpha value is -2.05. The molecule has 0 unspecified atom stereocenters. The minimum atomic E-state index is 0.105. The molecule has 0 aliphatic carbocycles. The van der Waals surface area contributed by atoms with Crippen molar-refractivity contribution in [3.05, 3.63) is 46.4 Å². The zero-order chi connectivity index (χ0) is 17.6. The third-order valence-corrected chi connectivity index (χ3v) is 4.54. The Morgan fingerprint density at radius 3 is 2.64 bits per heavy atom. The van der Waals surface area contributed by atoms with E-state index < -0.39 is 0 Å². The number of aliphatic imine (C=N–C) groups is 1. The highest BCUT2D eigenvalue weighted by molar-refractivity contribution is 9.10. The van der Waals surface area contributed by atoms with Gasteiger partial charge in [0.05, 0.1) is 30.0 Å². The highest BCUT2D eigenvalue weighted by Crippen LogP contribution is 2.35. The molecule has 1 fully saturated rings. The summed E-state index contributed by atoms with van der Waals surface area (Å²) < 4.78 is 11.4. The number of rotatable bonds is 5. The molecule has 3 rings (SSSR count). The Morgan fingerprint density at radius 1 is 1.24 bits per heavy atom. The Morgan fingerprint density at radius 2 is 1.96 bits per heavy atom. The van der Waals surface area contributed by atoms with Crippen molar-refractivity contribution in [2.75, 3.05) is 37.8 Å². The van der Waals surface area contributed by atoms with Crippen molar-refractivity contribution >= 4 is 33.5 Å². The van der Waals surface area contributed by atoms with Gasteiger partial charge in [0, 0.05) is 25.0 Å². The Bertz CT molecular complexity index is 741. The van der Waals surface area contributed by atoms with Crippen LogP contribution < -0.4 is 9.64 Å². The molecule has 0 aromatic heterocycles. The normalized spacial score (nSPS) is 14.9. The number of phenols is 1. The lowest BCUT2D eigenvalue weighted by Gasteiger charge is -2.28. The molecule has 0 radical (unpaired) electrons. The number of ether oxygens (including phenoxy) is 2. The third-order valence-electron chi connectivity index (χ3n) is 3.94. The highest BCUT2D eigenvalue weighted by atomic mass is 79.9. The second-order valence-electron chi connectivity index (χ2n) is 5.66. The molecule has 0 bridgehead atoms. The zero-order valence-corrected chi connectivity index (χ0v) is 15.7. The van der Waals surface area contributed by atoms with Crippen LogP contribution in [0.1, 0.15) is 12.5 Å². The van der Waals surface area contributed by atoms with Crippen LogP contribution in [-0.4, -0.2) is 44.2 Å². The molecule has 0 amide bonds. The van der Waals surface area contributed by atoms with Crippen LogP contribution in [0, 0.1) is 0 Å². The van der Waals surface area contributed by atoms with Crippen LogP contribution in [0.3, 0.4) is 0 Å². The summed E-state index contributed by atoms with van der Waals surface area (Å²) in [6.07, 6.45) is 1.76. The molecule has 2 aromatic carbocycles. The van der Waals surface area contributed by atoms with Gasteiger partial charge in [0.15, 0.2) is 11.5 Å². The van der Waals surface area contributed by atoms with Gasteiger partial charge in [0.2, 0.25) is 0 Å². The molecular formula is C19H21BrN2O3. The molecule has 0 saturated carbocycles. The first kappa shape index (κ1) is 17.8. The van der Waals surface area contributed by atoms with E-state index in [4.69, 9.17) is 9.47 Å². The lowest BCUT2D eigenvalue weighted by atomic mass is 10.2. The Kier molecular flexibility index (Phi) is 5.94. The van der Waals surface area contributed by atoms with E-state index in [1.54, 1.807) is 12.3 Å². The predicted molar refractivity (Wildman–Crippen MR) is 104 cm³/mol. The number of phenolic OH excluding ortho intramolecular Hbond substituents is 1. The van der Waals surface area contributed by atoms with Crippen LogP contribution in [0.25, 0.3) is 0 Å². The van der Waals surface area contributed by atoms with Gasteiger partial charge in [0.25, 0.3) is 0 Å². The molecule has 6 heteroatoms. The molecular weight excluding hydrogens is 384 g/mol. The lowest BCUT2D eigenvalue weighted by molar-refractivity contribution is 0.122. The predicted octanol–water partition coefficient (Wildman–Crippen LogP) is 4.14. The topological polar surface area (TPSA) is 54.3 Å². The van der Waals surface area contributed by atoms with Gasteiger partial charge in [-0.3, -0.25) is 4.99 Å². The number of hydrogen-bond acceptors (Lipinski definition) is 5. The minimum absolute atomic E-state index is 0.105. The average Bonchev–Trinajstić information content (AvgIpc) is 2.65. The van der Waals surface area contributed by atoms with Crippen molar-refractivity contribution in [1.29, 1.82) is 0 Å². The number of benzene rings is 2. The molecule has 1 saturated heterocycles. The first-order valence-corrected chi connectivity index (χ1v) is 9.09. The fourth-order valence-electron chi connectivity index (χ4n) is 2.65. The monoisotopic (exact) mass is 404 g/mol. The van der Waals surface area contributed by atoms with Crippen LogP contribution >= 0.6 is 15.9 Å². The van der Waals surface area contributed by atoms with Gasteiger partial charge in [-0.05, 0) is 64.8 Å². The third kappa shape index (κ3) is 4.52. The van der Waals surface area contributed by atoms with Gasteiger partial charge in [-0.25, -0.2) is 0 Å². The number of anilines is 1. The van der Waals surface area contributed by atoms with E-state index in [1.165, 1.54) is 5.69 Å². The molecule has 25 heavy (non-hydrogen) atoms. The quantitative estimate of drug-likeness (QED) is 0.760. The van der Waals surface area contributed by atoms with Crippen molar-refractivity contribution in [2.24, 2.45) is 4.99 Å². The van der Waals surface area contributed by atoms with Gasteiger partial charge in [-0.1, -0.05) is 0 Å². The van der Waals surface area contributed by atoms with Crippen LogP contribution in [-0.2, 0) is 4.74 Å². The van der Waals surface area contributed by atoms with Crippen LogP contribution in [0.2, 0.25) is 0 Å². The molecule has 1 heterocycles. The van der Waals surface area contributed by atoms with E-state index in [1.807, 2.05) is 25.1 Å². The molecule has 1 aliphatic heterocycles. The number of hydrogen-bond donors (Lipinski definition) is 1. The number of aromatic hydroxyl groups is 1. The van der Waals surface area contributed by atoms with Crippen molar-refractivity contribution in [3.63, 3.8) is 0 Å². The summed E-state index contributed by atoms with van der Waals surface area (Å²) in [5, 5.41) is 9.96. The van der Waals surface area contributed by atoms with Crippen molar-refractivity contribution in [2.45, 2.75) is 6.92 Å². The standard InChI is InChI=1S/C19H21BrN2O3/c1-2-25-18-12-14(11-17(20)19(18)23)13-21-15-3-5-16(6-4-15)22-7-9-24-10-8-22/h3-6,11-13,23H,2,7-10H2,1H3.